The Kier molecular flexibility index (Phi) is 7.60. The zero-order valence-corrected chi connectivity index (χ0v) is 19.8. The maximum absolute atomic E-state index is 12.8. The van der Waals surface area contributed by atoms with Crippen LogP contribution in [0.2, 0.25) is 0 Å². The van der Waals surface area contributed by atoms with E-state index >= 15 is 0 Å². The summed E-state index contributed by atoms with van der Waals surface area (Å²) >= 11 is 0. The van der Waals surface area contributed by atoms with E-state index in [1.807, 2.05) is 0 Å². The molecule has 0 aliphatic rings. The third-order valence-corrected chi connectivity index (χ3v) is 6.95. The molecule has 0 aliphatic carbocycles. The summed E-state index contributed by atoms with van der Waals surface area (Å²) in [6.45, 7) is 1.04. The Labute approximate surface area is 198 Å². The maximum Gasteiger partial charge on any atom is 0.339 e. The number of anilines is 1. The monoisotopic (exact) mass is 480 g/mol. The van der Waals surface area contributed by atoms with Gasteiger partial charge in [0.05, 0.1) is 10.5 Å². The van der Waals surface area contributed by atoms with Gasteiger partial charge in [-0.25, -0.2) is 17.5 Å². The highest BCUT2D eigenvalue weighted by Gasteiger charge is 2.22. The van der Waals surface area contributed by atoms with Crippen LogP contribution in [0.15, 0.2) is 77.7 Å². The summed E-state index contributed by atoms with van der Waals surface area (Å²) in [5, 5.41) is 2.52. The summed E-state index contributed by atoms with van der Waals surface area (Å²) in [7, 11) is -0.866. The summed E-state index contributed by atoms with van der Waals surface area (Å²) in [6, 6.07) is 19.2. The van der Waals surface area contributed by atoms with Crippen molar-refractivity contribution in [2.45, 2.75) is 11.8 Å². The van der Waals surface area contributed by atoms with Crippen molar-refractivity contribution in [2.75, 3.05) is 26.0 Å². The highest BCUT2D eigenvalue weighted by Crippen LogP contribution is 2.22. The SMILES string of the molecule is Cc1ccc(NC(=O)COC(=O)c2ccccc2C(=O)c2ccccc2)cc1S(=O)(=O)N(C)C. The summed E-state index contributed by atoms with van der Waals surface area (Å²) in [5.74, 6) is -1.82. The molecule has 8 nitrogen and oxygen atoms in total. The van der Waals surface area contributed by atoms with Gasteiger partial charge in [-0.3, -0.25) is 9.59 Å². The van der Waals surface area contributed by atoms with Gasteiger partial charge in [0.15, 0.2) is 12.4 Å². The maximum atomic E-state index is 12.8. The van der Waals surface area contributed by atoms with Crippen molar-refractivity contribution < 1.29 is 27.5 Å². The molecule has 0 aliphatic heterocycles. The molecule has 176 valence electrons. The van der Waals surface area contributed by atoms with Gasteiger partial charge in [0.2, 0.25) is 10.0 Å². The van der Waals surface area contributed by atoms with Crippen LogP contribution in [0.5, 0.6) is 0 Å². The minimum absolute atomic E-state index is 0.0406. The number of ketones is 1. The predicted molar refractivity (Wildman–Crippen MR) is 127 cm³/mol. The molecule has 0 bridgehead atoms. The van der Waals surface area contributed by atoms with Gasteiger partial charge in [-0.05, 0) is 30.7 Å². The number of hydrogen-bond donors (Lipinski definition) is 1. The minimum Gasteiger partial charge on any atom is -0.452 e. The fourth-order valence-corrected chi connectivity index (χ4v) is 4.31. The zero-order chi connectivity index (χ0) is 24.9. The lowest BCUT2D eigenvalue weighted by Gasteiger charge is -2.15. The predicted octanol–water partition coefficient (Wildman–Crippen LogP) is 3.27. The van der Waals surface area contributed by atoms with E-state index in [4.69, 9.17) is 4.74 Å². The van der Waals surface area contributed by atoms with Gasteiger partial charge in [-0.15, -0.1) is 0 Å². The standard InChI is InChI=1S/C25H24N2O6S/c1-17-13-14-19(15-22(17)34(31,32)27(2)3)26-23(28)16-33-25(30)21-12-8-7-11-20(21)24(29)18-9-5-4-6-10-18/h4-15H,16H2,1-3H3,(H,26,28). The third kappa shape index (κ3) is 5.56. The van der Waals surface area contributed by atoms with Crippen LogP contribution in [0, 0.1) is 6.92 Å². The van der Waals surface area contributed by atoms with Gasteiger partial charge >= 0.3 is 5.97 Å². The molecule has 0 saturated heterocycles. The van der Waals surface area contributed by atoms with Gasteiger partial charge in [0, 0.05) is 30.9 Å². The second-order valence-electron chi connectivity index (χ2n) is 7.63. The van der Waals surface area contributed by atoms with E-state index in [1.54, 1.807) is 61.5 Å². The Hall–Kier alpha value is -3.82. The Balaban J connectivity index is 1.70. The summed E-state index contributed by atoms with van der Waals surface area (Å²) < 4.78 is 31.1. The number of aryl methyl sites for hydroxylation is 1. The first kappa shape index (κ1) is 24.8. The smallest absolute Gasteiger partial charge is 0.339 e. The first-order valence-electron chi connectivity index (χ1n) is 10.3. The molecule has 0 heterocycles. The molecule has 0 fully saturated rings. The van der Waals surface area contributed by atoms with Crippen molar-refractivity contribution in [1.29, 1.82) is 0 Å². The highest BCUT2D eigenvalue weighted by molar-refractivity contribution is 7.89. The second kappa shape index (κ2) is 10.4. The van der Waals surface area contributed by atoms with Crippen molar-refractivity contribution in [3.8, 4) is 0 Å². The molecule has 0 spiro atoms. The van der Waals surface area contributed by atoms with Crippen LogP contribution < -0.4 is 5.32 Å². The molecule has 0 unspecified atom stereocenters. The van der Waals surface area contributed by atoms with Crippen molar-refractivity contribution in [2.24, 2.45) is 0 Å². The first-order chi connectivity index (χ1) is 16.1. The molecule has 3 rings (SSSR count). The van der Waals surface area contributed by atoms with Crippen molar-refractivity contribution in [1.82, 2.24) is 4.31 Å². The molecule has 9 heteroatoms. The minimum atomic E-state index is -3.70. The van der Waals surface area contributed by atoms with Gasteiger partial charge < -0.3 is 10.1 Å². The zero-order valence-electron chi connectivity index (χ0n) is 18.9. The van der Waals surface area contributed by atoms with E-state index in [2.05, 4.69) is 5.32 Å². The topological polar surface area (TPSA) is 110 Å². The lowest BCUT2D eigenvalue weighted by Crippen LogP contribution is -2.24. The molecule has 3 aromatic rings. The summed E-state index contributed by atoms with van der Waals surface area (Å²) in [5.41, 5.74) is 1.39. The van der Waals surface area contributed by atoms with Crippen LogP contribution in [-0.2, 0) is 19.6 Å². The van der Waals surface area contributed by atoms with E-state index in [1.165, 1.54) is 32.3 Å². The average Bonchev–Trinajstić information content (AvgIpc) is 2.83. The number of nitrogens with one attached hydrogen (secondary N) is 1. The number of esters is 1. The Morgan fingerprint density at radius 1 is 0.882 bits per heavy atom. The Bertz CT molecular complexity index is 1330. The summed E-state index contributed by atoms with van der Waals surface area (Å²) in [6.07, 6.45) is 0. The first-order valence-corrected chi connectivity index (χ1v) is 11.7. The van der Waals surface area contributed by atoms with E-state index < -0.39 is 28.5 Å². The normalized spacial score (nSPS) is 11.2. The van der Waals surface area contributed by atoms with Crippen LogP contribution in [0.1, 0.15) is 31.8 Å². The molecule has 0 saturated carbocycles. The van der Waals surface area contributed by atoms with Gasteiger partial charge in [-0.1, -0.05) is 54.6 Å². The molecular weight excluding hydrogens is 456 g/mol. The van der Waals surface area contributed by atoms with Crippen molar-refractivity contribution >= 4 is 33.4 Å². The van der Waals surface area contributed by atoms with Crippen LogP contribution in [-0.4, -0.2) is 51.1 Å². The van der Waals surface area contributed by atoms with E-state index in [9.17, 15) is 22.8 Å². The average molecular weight is 481 g/mol. The van der Waals surface area contributed by atoms with Gasteiger partial charge in [0.25, 0.3) is 5.91 Å². The third-order valence-electron chi connectivity index (χ3n) is 4.99. The second-order valence-corrected chi connectivity index (χ2v) is 9.75. The fraction of sp³-hybridized carbons (Fsp3) is 0.160. The summed E-state index contributed by atoms with van der Waals surface area (Å²) in [4.78, 5) is 37.8. The lowest BCUT2D eigenvalue weighted by molar-refractivity contribution is -0.119. The van der Waals surface area contributed by atoms with Crippen LogP contribution >= 0.6 is 0 Å². The Morgan fingerprint density at radius 2 is 1.50 bits per heavy atom. The number of benzene rings is 3. The van der Waals surface area contributed by atoms with Crippen LogP contribution in [0.4, 0.5) is 5.69 Å². The van der Waals surface area contributed by atoms with Crippen molar-refractivity contribution in [3.05, 3.63) is 95.1 Å². The highest BCUT2D eigenvalue weighted by atomic mass is 32.2. The number of rotatable bonds is 8. The van der Waals surface area contributed by atoms with E-state index in [-0.39, 0.29) is 27.5 Å². The number of amides is 1. The molecule has 0 aromatic heterocycles. The van der Waals surface area contributed by atoms with Gasteiger partial charge in [-0.2, -0.15) is 0 Å². The lowest BCUT2D eigenvalue weighted by atomic mass is 9.98. The molecule has 1 amide bonds. The molecule has 3 aromatic carbocycles. The van der Waals surface area contributed by atoms with E-state index in [0.717, 1.165) is 4.31 Å². The molecule has 1 N–H and O–H groups in total. The number of nitrogens with zero attached hydrogens (tertiary/aromatic N) is 1. The number of ether oxygens (including phenoxy) is 1. The Morgan fingerprint density at radius 3 is 2.15 bits per heavy atom. The number of sulfonamides is 1. The van der Waals surface area contributed by atoms with Crippen LogP contribution in [0.25, 0.3) is 0 Å². The number of hydrogen-bond acceptors (Lipinski definition) is 6. The molecule has 0 atom stereocenters. The van der Waals surface area contributed by atoms with Crippen molar-refractivity contribution in [3.63, 3.8) is 0 Å². The largest absolute Gasteiger partial charge is 0.452 e. The number of carbonyl (C=O) groups is 3. The molecule has 34 heavy (non-hydrogen) atoms. The van der Waals surface area contributed by atoms with Gasteiger partial charge in [0.1, 0.15) is 0 Å². The molecular formula is C25H24N2O6S. The fourth-order valence-electron chi connectivity index (χ4n) is 3.16. The molecule has 0 radical (unpaired) electrons. The quantitative estimate of drug-likeness (QED) is 0.391. The van der Waals surface area contributed by atoms with Crippen LogP contribution in [0.3, 0.4) is 0 Å². The van der Waals surface area contributed by atoms with E-state index in [0.29, 0.717) is 11.1 Å². The number of carbonyl (C=O) groups excluding carboxylic acids is 3.